The van der Waals surface area contributed by atoms with Gasteiger partial charge in [0.25, 0.3) is 0 Å². The topological polar surface area (TPSA) is 16.9 Å². The molecule has 0 atom stereocenters. The number of aromatic nitrogens is 1. The Labute approximate surface area is 315 Å². The van der Waals surface area contributed by atoms with Gasteiger partial charge in [-0.1, -0.05) is 139 Å². The van der Waals surface area contributed by atoms with Gasteiger partial charge in [0, 0.05) is 44.3 Å². The van der Waals surface area contributed by atoms with Crippen LogP contribution in [0, 0.1) is 0 Å². The second-order valence-corrected chi connectivity index (χ2v) is 13.0. The van der Waals surface area contributed by atoms with Crippen molar-refractivity contribution < 1.29 is 11.6 Å². The van der Waals surface area contributed by atoms with Gasteiger partial charge in [0.1, 0.15) is 11.5 Å². The second-order valence-electron chi connectivity index (χ2n) is 13.0. The molecule has 0 aliphatic heterocycles. The smallest absolute Gasteiger partial charge is 0.127 e. The summed E-state index contributed by atoms with van der Waals surface area (Å²) in [5.74, 6) is 1.30. The molecule has 0 fully saturated rings. The lowest BCUT2D eigenvalue weighted by atomic mass is 9.96. The summed E-state index contributed by atoms with van der Waals surface area (Å²) in [6.07, 6.45) is 0. The number of hydrogen-bond acceptors (Lipinski definition) is 2. The molecule has 10 rings (SSSR count). The van der Waals surface area contributed by atoms with E-state index in [-0.39, 0.29) is 17.8 Å². The van der Waals surface area contributed by atoms with Crippen molar-refractivity contribution in [2.24, 2.45) is 0 Å². The summed E-state index contributed by atoms with van der Waals surface area (Å²) in [4.78, 5) is 1.72. The van der Waals surface area contributed by atoms with Crippen LogP contribution in [0.1, 0.15) is 6.85 Å². The normalized spacial score (nSPS) is 12.7. The summed E-state index contributed by atoms with van der Waals surface area (Å²) < 4.78 is 51.7. The first kappa shape index (κ1) is 25.8. The first-order chi connectivity index (χ1) is 28.4. The zero-order valence-electron chi connectivity index (χ0n) is 33.5. The average Bonchev–Trinajstić information content (AvgIpc) is 3.63. The molecule has 0 unspecified atom stereocenters. The molecule has 2 heterocycles. The van der Waals surface area contributed by atoms with Gasteiger partial charge in [-0.2, -0.15) is 0 Å². The van der Waals surface area contributed by atoms with Crippen LogP contribution in [0.25, 0.3) is 60.3 Å². The van der Waals surface area contributed by atoms with Gasteiger partial charge in [-0.3, -0.25) is 0 Å². The quantitative estimate of drug-likeness (QED) is 0.156. The summed E-state index contributed by atoms with van der Waals surface area (Å²) in [6, 6.07) is 57.2. The molecule has 10 aromatic rings. The lowest BCUT2D eigenvalue weighted by molar-refractivity contribution is 0.483. The minimum Gasteiger partial charge on any atom is -0.457 e. The van der Waals surface area contributed by atoms with Crippen LogP contribution in [0.3, 0.4) is 0 Å². The summed E-state index contributed by atoms with van der Waals surface area (Å²) in [7, 11) is 0. The van der Waals surface area contributed by atoms with Crippen molar-refractivity contribution in [3.63, 3.8) is 0 Å². The molecule has 0 amide bonds. The number of hydrogen-bond donors (Lipinski definition) is 0. The first-order valence-electron chi connectivity index (χ1n) is 20.1. The highest BCUT2D eigenvalue weighted by atomic mass is 16.5. The highest BCUT2D eigenvalue weighted by Crippen LogP contribution is 2.45. The molecule has 3 heteroatoms. The number of ether oxygens (including phenoxy) is 1. The standard InChI is InChI=1S/C50H34N2O/c1-4-15-36(16-5-1)48-46-23-12-13-26-47(46)52-49-42(24-14-25-44(49)43-21-10-11-22-45(43)50(48)52)35-27-29-38(30-28-35)51(37-17-6-2-7-18-37)39-31-33-41(34-32-39)53-40-19-8-3-9-20-40/h1-34H/i2D,6D,7D,17D,18D. The number of pyridine rings is 1. The van der Waals surface area contributed by atoms with Gasteiger partial charge in [0.15, 0.2) is 0 Å². The van der Waals surface area contributed by atoms with Crippen LogP contribution in [0.15, 0.2) is 206 Å². The van der Waals surface area contributed by atoms with Gasteiger partial charge >= 0.3 is 0 Å². The lowest BCUT2D eigenvalue weighted by Gasteiger charge is -2.26. The molecule has 0 saturated heterocycles. The van der Waals surface area contributed by atoms with Crippen molar-refractivity contribution in [2.45, 2.75) is 0 Å². The van der Waals surface area contributed by atoms with Crippen LogP contribution in [-0.2, 0) is 0 Å². The van der Waals surface area contributed by atoms with Gasteiger partial charge < -0.3 is 14.0 Å². The monoisotopic (exact) mass is 683 g/mol. The molecule has 0 bridgehead atoms. The Morgan fingerprint density at radius 3 is 1.72 bits per heavy atom. The maximum absolute atomic E-state index is 8.95. The van der Waals surface area contributed by atoms with Crippen LogP contribution in [-0.4, -0.2) is 4.40 Å². The van der Waals surface area contributed by atoms with E-state index in [1.807, 2.05) is 84.9 Å². The fraction of sp³-hybridized carbons (Fsp3) is 0. The highest BCUT2D eigenvalue weighted by molar-refractivity contribution is 6.23. The van der Waals surface area contributed by atoms with Gasteiger partial charge in [-0.25, -0.2) is 0 Å². The summed E-state index contributed by atoms with van der Waals surface area (Å²) in [5.41, 5.74) is 8.99. The SMILES string of the molecule is [2H]c1c([2H])c([2H])c(N(c2ccc(Oc3ccccc3)cc2)c2ccc(-c3cccc4c5ccccc5c5c(-c6ccccc6)c6ccccc6n5c34)cc2)c([2H])c1[2H]. The fourth-order valence-corrected chi connectivity index (χ4v) is 7.62. The molecule has 0 N–H and O–H groups in total. The third-order valence-corrected chi connectivity index (χ3v) is 9.89. The molecule has 2 aromatic heterocycles. The van der Waals surface area contributed by atoms with Crippen LogP contribution in [0.5, 0.6) is 11.5 Å². The van der Waals surface area contributed by atoms with Gasteiger partial charge in [0.2, 0.25) is 0 Å². The van der Waals surface area contributed by atoms with Gasteiger partial charge in [0.05, 0.1) is 23.4 Å². The number of nitrogens with zero attached hydrogens (tertiary/aromatic N) is 2. The predicted molar refractivity (Wildman–Crippen MR) is 222 cm³/mol. The third kappa shape index (κ3) is 5.30. The summed E-state index contributed by atoms with van der Waals surface area (Å²) in [5, 5.41) is 4.64. The van der Waals surface area contributed by atoms with E-state index in [9.17, 15) is 0 Å². The molecule has 0 radical (unpaired) electrons. The average molecular weight is 684 g/mol. The van der Waals surface area contributed by atoms with E-state index >= 15 is 0 Å². The highest BCUT2D eigenvalue weighted by Gasteiger charge is 2.21. The maximum Gasteiger partial charge on any atom is 0.127 e. The van der Waals surface area contributed by atoms with Crippen molar-refractivity contribution in [3.05, 3.63) is 206 Å². The van der Waals surface area contributed by atoms with Gasteiger partial charge in [-0.05, 0) is 83.2 Å². The first-order valence-corrected chi connectivity index (χ1v) is 17.6. The van der Waals surface area contributed by atoms with E-state index in [0.29, 0.717) is 22.9 Å². The van der Waals surface area contributed by atoms with Crippen molar-refractivity contribution in [3.8, 4) is 33.8 Å². The van der Waals surface area contributed by atoms with E-state index in [0.717, 1.165) is 44.0 Å². The summed E-state index contributed by atoms with van der Waals surface area (Å²) in [6.45, 7) is 0. The maximum atomic E-state index is 8.95. The minimum absolute atomic E-state index is 0.0565. The van der Waals surface area contributed by atoms with Crippen LogP contribution >= 0.6 is 0 Å². The number of para-hydroxylation sites is 4. The van der Waals surface area contributed by atoms with E-state index in [4.69, 9.17) is 11.6 Å². The molecule has 3 nitrogen and oxygen atoms in total. The Bertz CT molecular complexity index is 3160. The van der Waals surface area contributed by atoms with Crippen molar-refractivity contribution >= 4 is 55.2 Å². The predicted octanol–water partition coefficient (Wildman–Crippen LogP) is 14.0. The van der Waals surface area contributed by atoms with E-state index in [2.05, 4.69) is 95.4 Å². The fourth-order valence-electron chi connectivity index (χ4n) is 7.62. The van der Waals surface area contributed by atoms with Crippen LogP contribution < -0.4 is 9.64 Å². The number of anilines is 3. The molecule has 0 spiro atoms. The number of rotatable bonds is 7. The number of fused-ring (bicyclic) bond motifs is 8. The molecule has 250 valence electrons. The Balaban J connectivity index is 1.18. The third-order valence-electron chi connectivity index (χ3n) is 9.89. The molecular formula is C50H34N2O. The molecule has 0 aliphatic carbocycles. The lowest BCUT2D eigenvalue weighted by Crippen LogP contribution is -2.09. The van der Waals surface area contributed by atoms with Crippen LogP contribution in [0.2, 0.25) is 0 Å². The molecule has 8 aromatic carbocycles. The Morgan fingerprint density at radius 2 is 0.981 bits per heavy atom. The Morgan fingerprint density at radius 1 is 0.415 bits per heavy atom. The number of benzene rings is 8. The Hall–Kier alpha value is -7.10. The van der Waals surface area contributed by atoms with E-state index in [1.165, 1.54) is 16.3 Å². The van der Waals surface area contributed by atoms with Crippen LogP contribution in [0.4, 0.5) is 17.1 Å². The summed E-state index contributed by atoms with van der Waals surface area (Å²) >= 11 is 0. The van der Waals surface area contributed by atoms with Crippen molar-refractivity contribution in [2.75, 3.05) is 4.90 Å². The molecule has 0 saturated carbocycles. The van der Waals surface area contributed by atoms with E-state index in [1.54, 1.807) is 4.90 Å². The molecular weight excluding hydrogens is 645 g/mol. The minimum atomic E-state index is -0.441. The van der Waals surface area contributed by atoms with E-state index < -0.39 is 18.1 Å². The van der Waals surface area contributed by atoms with Crippen molar-refractivity contribution in [1.29, 1.82) is 0 Å². The Kier molecular flexibility index (Phi) is 6.28. The van der Waals surface area contributed by atoms with Gasteiger partial charge in [-0.15, -0.1) is 0 Å². The molecule has 53 heavy (non-hydrogen) atoms. The largest absolute Gasteiger partial charge is 0.457 e. The zero-order valence-corrected chi connectivity index (χ0v) is 28.5. The second kappa shape index (κ2) is 12.9. The zero-order chi connectivity index (χ0) is 39.5. The molecule has 0 aliphatic rings. The van der Waals surface area contributed by atoms with Crippen molar-refractivity contribution in [1.82, 2.24) is 4.40 Å².